The monoisotopic (exact) mass is 568 g/mol. The smallest absolute Gasteiger partial charge is 0.162 e. The zero-order valence-electron chi connectivity index (χ0n) is 23.5. The van der Waals surface area contributed by atoms with E-state index in [1.165, 1.54) is 11.3 Å². The van der Waals surface area contributed by atoms with Crippen molar-refractivity contribution in [2.75, 3.05) is 49.2 Å². The van der Waals surface area contributed by atoms with Crippen molar-refractivity contribution < 1.29 is 14.6 Å². The first-order valence-electron chi connectivity index (χ1n) is 14.5. The van der Waals surface area contributed by atoms with Crippen LogP contribution >= 0.6 is 11.3 Å². The highest BCUT2D eigenvalue weighted by atomic mass is 32.1. The zero-order valence-corrected chi connectivity index (χ0v) is 24.3. The van der Waals surface area contributed by atoms with E-state index in [-0.39, 0.29) is 11.5 Å². The largest absolute Gasteiger partial charge is 0.508 e. The number of benzene rings is 2. The number of aromatic nitrogens is 2. The lowest BCUT2D eigenvalue weighted by Gasteiger charge is -2.33. The molecule has 0 radical (unpaired) electrons. The molecular formula is C33H36N4O3S. The summed E-state index contributed by atoms with van der Waals surface area (Å²) in [5.74, 6) is 2.62. The van der Waals surface area contributed by atoms with Gasteiger partial charge in [-0.1, -0.05) is 30.3 Å². The standard InChI is InChI=1S/C33H36N4O3S/c1-2-4-27(38)12-7-23-13-15-36(16-14-23)26-10-8-24(9-11-26)30-22-29-31(41-30)33(37-17-19-40-20-18-37)35-32(34-29)25-5-3-6-28(39)21-25/h2-6,8-11,21-23,39H,7,12-20H2,1H3/b4-2+. The van der Waals surface area contributed by atoms with Crippen LogP contribution in [0.3, 0.4) is 0 Å². The molecule has 212 valence electrons. The molecule has 2 fully saturated rings. The third-order valence-corrected chi connectivity index (χ3v) is 9.22. The third kappa shape index (κ3) is 6.29. The Morgan fingerprint density at radius 2 is 1.78 bits per heavy atom. The maximum Gasteiger partial charge on any atom is 0.162 e. The average Bonchev–Trinajstić information content (AvgIpc) is 3.45. The van der Waals surface area contributed by atoms with Gasteiger partial charge in [0, 0.05) is 48.7 Å². The number of phenols is 1. The van der Waals surface area contributed by atoms with Gasteiger partial charge in [0.05, 0.1) is 23.4 Å². The molecule has 2 aromatic heterocycles. The molecule has 4 aromatic rings. The van der Waals surface area contributed by atoms with Crippen LogP contribution in [-0.4, -0.2) is 60.3 Å². The summed E-state index contributed by atoms with van der Waals surface area (Å²) in [5, 5.41) is 10.1. The number of hydrogen-bond acceptors (Lipinski definition) is 8. The van der Waals surface area contributed by atoms with Crippen molar-refractivity contribution in [3.63, 3.8) is 0 Å². The summed E-state index contributed by atoms with van der Waals surface area (Å²) in [7, 11) is 0. The Balaban J connectivity index is 1.21. The molecule has 2 saturated heterocycles. The molecule has 2 aliphatic heterocycles. The topological polar surface area (TPSA) is 78.8 Å². The van der Waals surface area contributed by atoms with Crippen LogP contribution in [0.2, 0.25) is 0 Å². The number of piperidine rings is 1. The minimum absolute atomic E-state index is 0.203. The number of nitrogens with zero attached hydrogens (tertiary/aromatic N) is 4. The minimum Gasteiger partial charge on any atom is -0.508 e. The molecule has 2 aliphatic rings. The van der Waals surface area contributed by atoms with Gasteiger partial charge in [-0.25, -0.2) is 9.97 Å². The molecule has 4 heterocycles. The molecule has 0 bridgehead atoms. The molecule has 2 aromatic carbocycles. The highest BCUT2D eigenvalue weighted by Gasteiger charge is 2.22. The SMILES string of the molecule is C/C=C/C(=O)CCC1CCN(c2ccc(-c3cc4nc(-c5cccc(O)c5)nc(N5CCOCC5)c4s3)cc2)CC1. The number of carbonyl (C=O) groups excluding carboxylic acids is 1. The summed E-state index contributed by atoms with van der Waals surface area (Å²) in [5.41, 5.74) is 4.13. The van der Waals surface area contributed by atoms with Gasteiger partial charge in [-0.2, -0.15) is 0 Å². The fourth-order valence-electron chi connectivity index (χ4n) is 5.75. The van der Waals surface area contributed by atoms with E-state index in [0.717, 1.165) is 71.9 Å². The van der Waals surface area contributed by atoms with Gasteiger partial charge in [-0.05, 0) is 74.1 Å². The summed E-state index contributed by atoms with van der Waals surface area (Å²) < 4.78 is 6.68. The fraction of sp³-hybridized carbons (Fsp3) is 0.364. The van der Waals surface area contributed by atoms with E-state index in [0.29, 0.717) is 31.4 Å². The number of carbonyl (C=O) groups is 1. The molecule has 0 spiro atoms. The van der Waals surface area contributed by atoms with Crippen LogP contribution in [0.1, 0.15) is 32.6 Å². The zero-order chi connectivity index (χ0) is 28.2. The summed E-state index contributed by atoms with van der Waals surface area (Å²) >= 11 is 1.73. The predicted molar refractivity (Wildman–Crippen MR) is 167 cm³/mol. The third-order valence-electron chi connectivity index (χ3n) is 8.05. The van der Waals surface area contributed by atoms with Gasteiger partial charge >= 0.3 is 0 Å². The number of phenolic OH excluding ortho intramolecular Hbond substituents is 1. The van der Waals surface area contributed by atoms with Crippen molar-refractivity contribution in [2.45, 2.75) is 32.6 Å². The highest BCUT2D eigenvalue weighted by Crippen LogP contribution is 2.39. The summed E-state index contributed by atoms with van der Waals surface area (Å²) in [6.07, 6.45) is 7.43. The maximum atomic E-state index is 11.9. The second-order valence-corrected chi connectivity index (χ2v) is 11.9. The second kappa shape index (κ2) is 12.4. The van der Waals surface area contributed by atoms with Crippen LogP contribution in [0.4, 0.5) is 11.5 Å². The van der Waals surface area contributed by atoms with Crippen molar-refractivity contribution in [1.29, 1.82) is 0 Å². The van der Waals surface area contributed by atoms with Crippen LogP contribution in [0.5, 0.6) is 5.75 Å². The average molecular weight is 569 g/mol. The van der Waals surface area contributed by atoms with E-state index in [1.807, 2.05) is 25.1 Å². The van der Waals surface area contributed by atoms with Crippen molar-refractivity contribution in [3.05, 3.63) is 66.7 Å². The Morgan fingerprint density at radius 3 is 2.51 bits per heavy atom. The Hall–Kier alpha value is -3.75. The molecule has 1 N–H and O–H groups in total. The quantitative estimate of drug-likeness (QED) is 0.237. The number of allylic oxidation sites excluding steroid dienone is 2. The van der Waals surface area contributed by atoms with Crippen molar-refractivity contribution >= 4 is 38.8 Å². The van der Waals surface area contributed by atoms with Crippen molar-refractivity contribution in [3.8, 4) is 27.6 Å². The number of rotatable bonds is 8. The molecule has 8 heteroatoms. The first-order chi connectivity index (χ1) is 20.1. The van der Waals surface area contributed by atoms with Gasteiger partial charge in [-0.15, -0.1) is 11.3 Å². The first kappa shape index (κ1) is 27.4. The number of hydrogen-bond donors (Lipinski definition) is 1. The van der Waals surface area contributed by atoms with Gasteiger partial charge in [0.1, 0.15) is 5.75 Å². The second-order valence-electron chi connectivity index (χ2n) is 10.8. The van der Waals surface area contributed by atoms with Gasteiger partial charge < -0.3 is 19.6 Å². The summed E-state index contributed by atoms with van der Waals surface area (Å²) in [6, 6.07) is 18.2. The van der Waals surface area contributed by atoms with E-state index in [9.17, 15) is 9.90 Å². The van der Waals surface area contributed by atoms with Crippen molar-refractivity contribution in [1.82, 2.24) is 9.97 Å². The Labute approximate surface area is 245 Å². The number of fused-ring (bicyclic) bond motifs is 1. The summed E-state index contributed by atoms with van der Waals surface area (Å²) in [4.78, 5) is 27.7. The lowest BCUT2D eigenvalue weighted by Crippen LogP contribution is -2.36. The van der Waals surface area contributed by atoms with Gasteiger partial charge in [0.25, 0.3) is 0 Å². The molecule has 0 saturated carbocycles. The van der Waals surface area contributed by atoms with E-state index < -0.39 is 0 Å². The van der Waals surface area contributed by atoms with Gasteiger partial charge in [0.15, 0.2) is 17.4 Å². The Morgan fingerprint density at radius 1 is 1.00 bits per heavy atom. The van der Waals surface area contributed by atoms with E-state index in [4.69, 9.17) is 14.7 Å². The molecular weight excluding hydrogens is 532 g/mol. The number of ketones is 1. The molecule has 0 atom stereocenters. The molecule has 7 nitrogen and oxygen atoms in total. The van der Waals surface area contributed by atoms with Crippen molar-refractivity contribution in [2.24, 2.45) is 5.92 Å². The maximum absolute atomic E-state index is 11.9. The molecule has 0 unspecified atom stereocenters. The van der Waals surface area contributed by atoms with E-state index in [2.05, 4.69) is 40.1 Å². The Kier molecular flexibility index (Phi) is 8.30. The van der Waals surface area contributed by atoms with Crippen LogP contribution in [-0.2, 0) is 9.53 Å². The number of aromatic hydroxyl groups is 1. The molecule has 6 rings (SSSR count). The molecule has 0 aliphatic carbocycles. The summed E-state index contributed by atoms with van der Waals surface area (Å²) in [6.45, 7) is 6.89. The van der Waals surface area contributed by atoms with Crippen LogP contribution in [0.15, 0.2) is 66.7 Å². The van der Waals surface area contributed by atoms with Crippen LogP contribution in [0, 0.1) is 5.92 Å². The van der Waals surface area contributed by atoms with Crippen LogP contribution in [0.25, 0.3) is 32.0 Å². The number of anilines is 2. The highest BCUT2D eigenvalue weighted by molar-refractivity contribution is 7.22. The lowest BCUT2D eigenvalue weighted by atomic mass is 9.91. The first-order valence-corrected chi connectivity index (χ1v) is 15.3. The molecule has 41 heavy (non-hydrogen) atoms. The normalized spacial score (nSPS) is 16.6. The number of morpholine rings is 1. The van der Waals surface area contributed by atoms with Gasteiger partial charge in [0.2, 0.25) is 0 Å². The predicted octanol–water partition coefficient (Wildman–Crippen LogP) is 6.71. The number of ether oxygens (including phenoxy) is 1. The fourth-order valence-corrected chi connectivity index (χ4v) is 6.87. The van der Waals surface area contributed by atoms with E-state index in [1.54, 1.807) is 29.5 Å². The number of thiophene rings is 1. The van der Waals surface area contributed by atoms with Gasteiger partial charge in [-0.3, -0.25) is 4.79 Å². The minimum atomic E-state index is 0.203. The lowest BCUT2D eigenvalue weighted by molar-refractivity contribution is -0.114. The van der Waals surface area contributed by atoms with Crippen LogP contribution < -0.4 is 9.80 Å². The Bertz CT molecular complexity index is 1530. The van der Waals surface area contributed by atoms with E-state index >= 15 is 0 Å². The molecule has 0 amide bonds.